The molecule has 0 fully saturated rings. The van der Waals surface area contributed by atoms with E-state index < -0.39 is 12.0 Å². The van der Waals surface area contributed by atoms with Crippen LogP contribution in [0.1, 0.15) is 11.6 Å². The van der Waals surface area contributed by atoms with Crippen molar-refractivity contribution in [2.45, 2.75) is 6.04 Å². The van der Waals surface area contributed by atoms with Gasteiger partial charge in [-0.1, -0.05) is 37.0 Å². The fourth-order valence-electron chi connectivity index (χ4n) is 2.38. The Labute approximate surface area is 142 Å². The second-order valence-corrected chi connectivity index (χ2v) is 5.39. The maximum Gasteiger partial charge on any atom is 0.331 e. The summed E-state index contributed by atoms with van der Waals surface area (Å²) in [6.07, 6.45) is 4.55. The maximum absolute atomic E-state index is 11.9. The molecule has 1 unspecified atom stereocenters. The fraction of sp³-hybridized carbons (Fsp3) is 0.125. The molecule has 0 radical (unpaired) electrons. The number of carbonyl (C=O) groups is 1. The molecule has 0 aliphatic rings. The average Bonchev–Trinajstić information content (AvgIpc) is 3.05. The summed E-state index contributed by atoms with van der Waals surface area (Å²) in [5.41, 5.74) is 1.05. The van der Waals surface area contributed by atoms with Gasteiger partial charge in [-0.15, -0.1) is 0 Å². The molecular weight excluding hydrogens is 328 g/mol. The number of H-pyrrole nitrogens is 1. The van der Waals surface area contributed by atoms with Crippen LogP contribution in [0.15, 0.2) is 49.4 Å². The van der Waals surface area contributed by atoms with E-state index in [9.17, 15) is 9.90 Å². The molecule has 1 aromatic carbocycles. The molecular formula is C16H14N4O3S. The van der Waals surface area contributed by atoms with Crippen molar-refractivity contribution in [3.63, 3.8) is 0 Å². The summed E-state index contributed by atoms with van der Waals surface area (Å²) in [7, 11) is 0. The predicted octanol–water partition coefficient (Wildman–Crippen LogP) is 2.73. The standard InChI is InChI=1S/C16H14N4O3S/c1-2-6-23-11-5-3-4-10(7-11)13(16(21)22)20-9-17-14-12(15(20)24)8-18-19-14/h2-5,7-9,13H,1,6H2,(H,18,19)(H,21,22). The highest BCUT2D eigenvalue weighted by molar-refractivity contribution is 7.71. The van der Waals surface area contributed by atoms with E-state index >= 15 is 0 Å². The normalized spacial score (nSPS) is 12.0. The number of hydrogen-bond acceptors (Lipinski definition) is 5. The molecule has 0 amide bonds. The van der Waals surface area contributed by atoms with Gasteiger partial charge in [-0.05, 0) is 17.7 Å². The van der Waals surface area contributed by atoms with Crippen molar-refractivity contribution in [3.8, 4) is 5.75 Å². The number of aromatic nitrogens is 4. The third-order valence-electron chi connectivity index (χ3n) is 3.45. The van der Waals surface area contributed by atoms with Crippen molar-refractivity contribution in [3.05, 3.63) is 59.6 Å². The van der Waals surface area contributed by atoms with Crippen LogP contribution in [0.25, 0.3) is 11.0 Å². The Morgan fingerprint density at radius 2 is 2.38 bits per heavy atom. The van der Waals surface area contributed by atoms with Gasteiger partial charge in [-0.3, -0.25) is 5.10 Å². The monoisotopic (exact) mass is 342 g/mol. The van der Waals surface area contributed by atoms with Crippen LogP contribution in [0.4, 0.5) is 0 Å². The zero-order chi connectivity index (χ0) is 17.1. The van der Waals surface area contributed by atoms with Crippen LogP contribution in [-0.4, -0.2) is 37.4 Å². The number of benzene rings is 1. The number of carboxylic acids is 1. The summed E-state index contributed by atoms with van der Waals surface area (Å²) < 4.78 is 7.25. The molecule has 2 aromatic heterocycles. The number of aliphatic carboxylic acids is 1. The summed E-state index contributed by atoms with van der Waals surface area (Å²) in [6, 6.07) is 5.85. The highest BCUT2D eigenvalue weighted by atomic mass is 32.1. The van der Waals surface area contributed by atoms with Gasteiger partial charge in [-0.25, -0.2) is 9.78 Å². The third-order valence-corrected chi connectivity index (χ3v) is 3.88. The van der Waals surface area contributed by atoms with E-state index in [1.165, 1.54) is 17.1 Å². The lowest BCUT2D eigenvalue weighted by atomic mass is 10.1. The molecule has 0 bridgehead atoms. The van der Waals surface area contributed by atoms with Crippen LogP contribution < -0.4 is 4.74 Å². The number of nitrogens with zero attached hydrogens (tertiary/aromatic N) is 3. The highest BCUT2D eigenvalue weighted by Crippen LogP contribution is 2.25. The lowest BCUT2D eigenvalue weighted by molar-refractivity contribution is -0.139. The molecule has 3 aromatic rings. The smallest absolute Gasteiger partial charge is 0.331 e. The van der Waals surface area contributed by atoms with E-state index in [0.29, 0.717) is 33.6 Å². The molecule has 3 rings (SSSR count). The third kappa shape index (κ3) is 2.91. The number of carboxylic acid groups (broad SMARTS) is 1. The number of rotatable bonds is 6. The summed E-state index contributed by atoms with van der Waals surface area (Å²) in [5, 5.41) is 16.9. The Hall–Kier alpha value is -3.00. The van der Waals surface area contributed by atoms with Crippen molar-refractivity contribution >= 4 is 29.2 Å². The van der Waals surface area contributed by atoms with Gasteiger partial charge >= 0.3 is 5.97 Å². The van der Waals surface area contributed by atoms with Crippen molar-refractivity contribution < 1.29 is 14.6 Å². The van der Waals surface area contributed by atoms with Gasteiger partial charge < -0.3 is 14.4 Å². The van der Waals surface area contributed by atoms with Crippen LogP contribution in [-0.2, 0) is 4.79 Å². The minimum atomic E-state index is -1.04. The molecule has 1 atom stereocenters. The molecule has 2 heterocycles. The second kappa shape index (κ2) is 6.63. The van der Waals surface area contributed by atoms with Crippen LogP contribution in [0.5, 0.6) is 5.75 Å². The van der Waals surface area contributed by atoms with E-state index in [1.54, 1.807) is 30.3 Å². The topological polar surface area (TPSA) is 93.0 Å². The number of ether oxygens (including phenoxy) is 1. The van der Waals surface area contributed by atoms with Gasteiger partial charge in [0.25, 0.3) is 0 Å². The first-order valence-corrected chi connectivity index (χ1v) is 7.49. The zero-order valence-electron chi connectivity index (χ0n) is 12.5. The van der Waals surface area contributed by atoms with Gasteiger partial charge in [0, 0.05) is 0 Å². The lowest BCUT2D eigenvalue weighted by Gasteiger charge is -2.17. The minimum Gasteiger partial charge on any atom is -0.490 e. The zero-order valence-corrected chi connectivity index (χ0v) is 13.4. The quantitative estimate of drug-likeness (QED) is 0.528. The fourth-order valence-corrected chi connectivity index (χ4v) is 2.68. The summed E-state index contributed by atoms with van der Waals surface area (Å²) in [6.45, 7) is 3.93. The Bertz CT molecular complexity index is 963. The minimum absolute atomic E-state index is 0.336. The maximum atomic E-state index is 11.9. The molecule has 0 saturated carbocycles. The molecule has 7 nitrogen and oxygen atoms in total. The van der Waals surface area contributed by atoms with Gasteiger partial charge in [-0.2, -0.15) is 5.10 Å². The van der Waals surface area contributed by atoms with Crippen molar-refractivity contribution in [1.29, 1.82) is 0 Å². The molecule has 122 valence electrons. The number of aromatic amines is 1. The molecule has 0 aliphatic carbocycles. The molecule has 0 aliphatic heterocycles. The Morgan fingerprint density at radius 1 is 1.54 bits per heavy atom. The van der Waals surface area contributed by atoms with Crippen molar-refractivity contribution in [2.24, 2.45) is 0 Å². The molecule has 2 N–H and O–H groups in total. The van der Waals surface area contributed by atoms with Crippen LogP contribution in [0.3, 0.4) is 0 Å². The first kappa shape index (κ1) is 15.9. The van der Waals surface area contributed by atoms with Crippen LogP contribution in [0.2, 0.25) is 0 Å². The van der Waals surface area contributed by atoms with Gasteiger partial charge in [0.1, 0.15) is 17.0 Å². The Morgan fingerprint density at radius 3 is 3.12 bits per heavy atom. The van der Waals surface area contributed by atoms with Crippen molar-refractivity contribution in [1.82, 2.24) is 19.7 Å². The number of nitrogens with one attached hydrogen (secondary N) is 1. The number of fused-ring (bicyclic) bond motifs is 1. The van der Waals surface area contributed by atoms with E-state index in [1.807, 2.05) is 0 Å². The van der Waals surface area contributed by atoms with Gasteiger partial charge in [0.15, 0.2) is 11.7 Å². The Balaban J connectivity index is 2.09. The molecule has 24 heavy (non-hydrogen) atoms. The lowest BCUT2D eigenvalue weighted by Crippen LogP contribution is -2.21. The van der Waals surface area contributed by atoms with Crippen LogP contribution in [0, 0.1) is 4.64 Å². The highest BCUT2D eigenvalue weighted by Gasteiger charge is 2.23. The predicted molar refractivity (Wildman–Crippen MR) is 90.6 cm³/mol. The van der Waals surface area contributed by atoms with Crippen molar-refractivity contribution in [2.75, 3.05) is 6.61 Å². The van der Waals surface area contributed by atoms with E-state index in [4.69, 9.17) is 17.0 Å². The molecule has 0 saturated heterocycles. The molecule has 0 spiro atoms. The van der Waals surface area contributed by atoms with Crippen LogP contribution >= 0.6 is 12.2 Å². The summed E-state index contributed by atoms with van der Waals surface area (Å²) in [5.74, 6) is -0.487. The van der Waals surface area contributed by atoms with E-state index in [2.05, 4.69) is 21.8 Å². The summed E-state index contributed by atoms with van der Waals surface area (Å²) >= 11 is 5.40. The average molecular weight is 342 g/mol. The SMILES string of the molecule is C=CCOc1cccc(C(C(=O)O)n2cnc3[nH]ncc3c2=S)c1. The van der Waals surface area contributed by atoms with Gasteiger partial charge in [0.2, 0.25) is 0 Å². The first-order chi connectivity index (χ1) is 11.6. The largest absolute Gasteiger partial charge is 0.490 e. The Kier molecular flexibility index (Phi) is 4.39. The van der Waals surface area contributed by atoms with E-state index in [0.717, 1.165) is 0 Å². The first-order valence-electron chi connectivity index (χ1n) is 7.08. The summed E-state index contributed by atoms with van der Waals surface area (Å²) in [4.78, 5) is 16.1. The second-order valence-electron chi connectivity index (χ2n) is 5.00. The van der Waals surface area contributed by atoms with Gasteiger partial charge in [0.05, 0.1) is 17.9 Å². The number of hydrogen-bond donors (Lipinski definition) is 2. The molecule has 8 heteroatoms. The van der Waals surface area contributed by atoms with E-state index in [-0.39, 0.29) is 0 Å².